The van der Waals surface area contributed by atoms with E-state index in [1.54, 1.807) is 0 Å². The van der Waals surface area contributed by atoms with Crippen molar-refractivity contribution in [3.63, 3.8) is 0 Å². The van der Waals surface area contributed by atoms with Gasteiger partial charge >= 0.3 is 0 Å². The van der Waals surface area contributed by atoms with Gasteiger partial charge in [0.05, 0.1) is 11.9 Å². The van der Waals surface area contributed by atoms with Crippen molar-refractivity contribution in [2.45, 2.75) is 32.4 Å². The molecule has 0 bridgehead atoms. The molecule has 30 heavy (non-hydrogen) atoms. The summed E-state index contributed by atoms with van der Waals surface area (Å²) in [5.74, 6) is -0.210. The molecule has 0 fully saturated rings. The first kappa shape index (κ1) is 22.1. The highest BCUT2D eigenvalue weighted by atomic mass is 32.2. The van der Waals surface area contributed by atoms with E-state index in [1.807, 2.05) is 12.1 Å². The van der Waals surface area contributed by atoms with Crippen LogP contribution in [0.4, 0.5) is 4.39 Å². The lowest BCUT2D eigenvalue weighted by Crippen LogP contribution is -2.25. The predicted molar refractivity (Wildman–Crippen MR) is 115 cm³/mol. The van der Waals surface area contributed by atoms with Gasteiger partial charge in [0.25, 0.3) is 10.1 Å². The minimum Gasteiger partial charge on any atom is -0.312 e. The standard InChI is InChI=1S/C21H22FN3.CH4O3S/c22-18-10-8-17(9-11-18)21-19-15-23-13-12-20(19)25(24-21)14-4-7-16-5-2-1-3-6-16;1-5(2,3)4/h1-3,5-6,8-11,23H,4,7,12-15H2;1H3,(H,2,3,4). The number of aromatic nitrogens is 2. The normalized spacial score (nSPS) is 13.3. The Labute approximate surface area is 176 Å². The summed E-state index contributed by atoms with van der Waals surface area (Å²) in [6.07, 6.45) is 3.83. The van der Waals surface area contributed by atoms with E-state index in [4.69, 9.17) is 9.65 Å². The van der Waals surface area contributed by atoms with Crippen LogP contribution in [0, 0.1) is 5.82 Å². The third-order valence-electron chi connectivity index (χ3n) is 4.80. The molecule has 4 rings (SSSR count). The number of fused-ring (bicyclic) bond motifs is 1. The highest BCUT2D eigenvalue weighted by Gasteiger charge is 2.21. The van der Waals surface area contributed by atoms with E-state index in [-0.39, 0.29) is 5.82 Å². The van der Waals surface area contributed by atoms with Crippen molar-refractivity contribution in [2.24, 2.45) is 0 Å². The number of aryl methyl sites for hydroxylation is 2. The Hall–Kier alpha value is -2.55. The second-order valence-corrected chi connectivity index (χ2v) is 8.72. The van der Waals surface area contributed by atoms with Crippen LogP contribution in [0.1, 0.15) is 23.2 Å². The molecule has 0 radical (unpaired) electrons. The summed E-state index contributed by atoms with van der Waals surface area (Å²) in [6, 6.07) is 17.2. The molecule has 6 nitrogen and oxygen atoms in total. The van der Waals surface area contributed by atoms with E-state index in [1.165, 1.54) is 29.0 Å². The molecular formula is C22H26FN3O3S. The first-order chi connectivity index (χ1) is 14.3. The number of rotatable bonds is 5. The van der Waals surface area contributed by atoms with Gasteiger partial charge in [-0.05, 0) is 42.7 Å². The number of benzene rings is 2. The molecule has 2 aromatic carbocycles. The van der Waals surface area contributed by atoms with Gasteiger partial charge < -0.3 is 5.32 Å². The van der Waals surface area contributed by atoms with E-state index in [0.29, 0.717) is 6.26 Å². The first-order valence-electron chi connectivity index (χ1n) is 9.83. The van der Waals surface area contributed by atoms with Crippen LogP contribution in [0.15, 0.2) is 54.6 Å². The van der Waals surface area contributed by atoms with E-state index in [9.17, 15) is 12.8 Å². The summed E-state index contributed by atoms with van der Waals surface area (Å²) in [4.78, 5) is 0. The molecule has 0 saturated heterocycles. The monoisotopic (exact) mass is 431 g/mol. The van der Waals surface area contributed by atoms with Crippen LogP contribution < -0.4 is 5.32 Å². The van der Waals surface area contributed by atoms with Gasteiger partial charge in [0.2, 0.25) is 0 Å². The maximum Gasteiger partial charge on any atom is 0.261 e. The predicted octanol–water partition coefficient (Wildman–Crippen LogP) is 3.47. The number of hydrogen-bond acceptors (Lipinski definition) is 4. The van der Waals surface area contributed by atoms with Crippen LogP contribution in [-0.2, 0) is 36.0 Å². The van der Waals surface area contributed by atoms with Crippen molar-refractivity contribution < 1.29 is 17.4 Å². The maximum atomic E-state index is 13.2. The Morgan fingerprint density at radius 2 is 1.80 bits per heavy atom. The smallest absolute Gasteiger partial charge is 0.261 e. The summed E-state index contributed by atoms with van der Waals surface area (Å²) < 4.78 is 41.3. The number of hydrogen-bond donors (Lipinski definition) is 2. The maximum absolute atomic E-state index is 13.2. The Bertz CT molecular complexity index is 1060. The minimum absolute atomic E-state index is 0.210. The molecule has 8 heteroatoms. The molecule has 2 N–H and O–H groups in total. The average molecular weight is 432 g/mol. The van der Waals surface area contributed by atoms with Crippen molar-refractivity contribution in [1.29, 1.82) is 0 Å². The van der Waals surface area contributed by atoms with Crippen LogP contribution in [0.25, 0.3) is 11.3 Å². The van der Waals surface area contributed by atoms with Crippen molar-refractivity contribution in [1.82, 2.24) is 15.1 Å². The zero-order valence-electron chi connectivity index (χ0n) is 16.9. The fourth-order valence-corrected chi connectivity index (χ4v) is 3.52. The fraction of sp³-hybridized carbons (Fsp3) is 0.318. The highest BCUT2D eigenvalue weighted by molar-refractivity contribution is 7.85. The summed E-state index contributed by atoms with van der Waals surface area (Å²) in [5.41, 5.74) is 5.93. The van der Waals surface area contributed by atoms with Crippen molar-refractivity contribution in [2.75, 3.05) is 12.8 Å². The molecule has 3 aromatic rings. The zero-order valence-corrected chi connectivity index (χ0v) is 17.7. The molecule has 2 heterocycles. The summed E-state index contributed by atoms with van der Waals surface area (Å²) >= 11 is 0. The van der Waals surface area contributed by atoms with Crippen LogP contribution >= 0.6 is 0 Å². The lowest BCUT2D eigenvalue weighted by atomic mass is 10.0. The summed E-state index contributed by atoms with van der Waals surface area (Å²) in [6.45, 7) is 2.74. The molecule has 1 aliphatic heterocycles. The van der Waals surface area contributed by atoms with Crippen molar-refractivity contribution >= 4 is 10.1 Å². The number of halogens is 1. The van der Waals surface area contributed by atoms with E-state index < -0.39 is 10.1 Å². The molecule has 0 amide bonds. The van der Waals surface area contributed by atoms with Gasteiger partial charge in [-0.1, -0.05) is 30.3 Å². The average Bonchev–Trinajstić information content (AvgIpc) is 3.07. The minimum atomic E-state index is -3.67. The topological polar surface area (TPSA) is 84.2 Å². The van der Waals surface area contributed by atoms with Gasteiger partial charge in [0.15, 0.2) is 0 Å². The van der Waals surface area contributed by atoms with Crippen molar-refractivity contribution in [3.8, 4) is 11.3 Å². The highest BCUT2D eigenvalue weighted by Crippen LogP contribution is 2.28. The summed E-state index contributed by atoms with van der Waals surface area (Å²) in [7, 11) is -3.67. The Morgan fingerprint density at radius 3 is 2.47 bits per heavy atom. The molecule has 0 unspecified atom stereocenters. The van der Waals surface area contributed by atoms with E-state index in [0.717, 1.165) is 50.2 Å². The molecular weight excluding hydrogens is 405 g/mol. The van der Waals surface area contributed by atoms with Gasteiger partial charge in [-0.25, -0.2) is 4.39 Å². The lowest BCUT2D eigenvalue weighted by molar-refractivity contribution is 0.490. The van der Waals surface area contributed by atoms with Gasteiger partial charge in [-0.2, -0.15) is 13.5 Å². The van der Waals surface area contributed by atoms with E-state index in [2.05, 4.69) is 40.3 Å². The third-order valence-corrected chi connectivity index (χ3v) is 4.80. The fourth-order valence-electron chi connectivity index (χ4n) is 3.52. The molecule has 160 valence electrons. The molecule has 0 spiro atoms. The second-order valence-electron chi connectivity index (χ2n) is 7.25. The zero-order chi connectivity index (χ0) is 21.6. The van der Waals surface area contributed by atoms with Crippen LogP contribution in [0.3, 0.4) is 0 Å². The molecule has 1 aliphatic rings. The lowest BCUT2D eigenvalue weighted by Gasteiger charge is -2.15. The number of nitrogens with one attached hydrogen (secondary N) is 1. The molecule has 0 aliphatic carbocycles. The van der Waals surface area contributed by atoms with Gasteiger partial charge in [0, 0.05) is 42.9 Å². The Balaban J connectivity index is 0.000000461. The second kappa shape index (κ2) is 9.97. The van der Waals surface area contributed by atoms with Gasteiger partial charge in [0.1, 0.15) is 5.82 Å². The first-order valence-corrected chi connectivity index (χ1v) is 11.7. The molecule has 1 aromatic heterocycles. The third kappa shape index (κ3) is 6.48. The van der Waals surface area contributed by atoms with Crippen LogP contribution in [0.5, 0.6) is 0 Å². The Kier molecular flexibility index (Phi) is 7.36. The molecule has 0 saturated carbocycles. The number of nitrogens with zero attached hydrogens (tertiary/aromatic N) is 2. The van der Waals surface area contributed by atoms with Crippen LogP contribution in [0.2, 0.25) is 0 Å². The van der Waals surface area contributed by atoms with Crippen LogP contribution in [-0.4, -0.2) is 35.6 Å². The van der Waals surface area contributed by atoms with Gasteiger partial charge in [-0.3, -0.25) is 9.23 Å². The van der Waals surface area contributed by atoms with Crippen molar-refractivity contribution in [3.05, 3.63) is 77.2 Å². The van der Waals surface area contributed by atoms with E-state index >= 15 is 0 Å². The summed E-state index contributed by atoms with van der Waals surface area (Å²) in [5, 5.41) is 8.31. The Morgan fingerprint density at radius 1 is 1.13 bits per heavy atom. The quantitative estimate of drug-likeness (QED) is 0.605. The van der Waals surface area contributed by atoms with Gasteiger partial charge in [-0.15, -0.1) is 0 Å². The molecule has 0 atom stereocenters. The largest absolute Gasteiger partial charge is 0.312 e. The SMILES string of the molecule is CS(=O)(=O)O.Fc1ccc(-c2nn(CCCc3ccccc3)c3c2CNCC3)cc1.